The molecule has 1 saturated heterocycles. The fourth-order valence-electron chi connectivity index (χ4n) is 2.17. The molecule has 5 nitrogen and oxygen atoms in total. The normalized spacial score (nSPS) is 16.4. The number of piperidine rings is 1. The lowest BCUT2D eigenvalue weighted by Gasteiger charge is -2.31. The number of rotatable bonds is 4. The number of nitrogens with one attached hydrogen (secondary N) is 1. The highest BCUT2D eigenvalue weighted by Gasteiger charge is 2.25. The summed E-state index contributed by atoms with van der Waals surface area (Å²) in [5, 5.41) is 2.93. The number of furan rings is 1. The Balaban J connectivity index is 1.79. The minimum Gasteiger partial charge on any atom is -0.459 e. The van der Waals surface area contributed by atoms with Crippen molar-refractivity contribution >= 4 is 23.4 Å². The summed E-state index contributed by atoms with van der Waals surface area (Å²) in [6.07, 6.45) is 3.36. The Morgan fingerprint density at radius 1 is 1.42 bits per heavy atom. The van der Waals surface area contributed by atoms with E-state index in [1.165, 1.54) is 6.26 Å². The van der Waals surface area contributed by atoms with Crippen LogP contribution >= 0.6 is 11.6 Å². The summed E-state index contributed by atoms with van der Waals surface area (Å²) in [5.41, 5.74) is 0. The molecule has 0 atom stereocenters. The van der Waals surface area contributed by atoms with Crippen LogP contribution in [0.3, 0.4) is 0 Å². The van der Waals surface area contributed by atoms with Crippen molar-refractivity contribution in [1.29, 1.82) is 0 Å². The van der Waals surface area contributed by atoms with Gasteiger partial charge in [-0.05, 0) is 25.0 Å². The second-order valence-electron chi connectivity index (χ2n) is 4.55. The van der Waals surface area contributed by atoms with Gasteiger partial charge in [0.05, 0.1) is 6.26 Å². The zero-order valence-electron chi connectivity index (χ0n) is 10.6. The Labute approximate surface area is 116 Å². The lowest BCUT2D eigenvalue weighted by atomic mass is 10.0. The largest absolute Gasteiger partial charge is 0.459 e. The zero-order chi connectivity index (χ0) is 13.7. The highest BCUT2D eigenvalue weighted by molar-refractivity contribution is 6.18. The molecule has 2 rings (SSSR count). The second kappa shape index (κ2) is 6.61. The van der Waals surface area contributed by atoms with Crippen molar-refractivity contribution in [3.8, 4) is 0 Å². The van der Waals surface area contributed by atoms with Crippen LogP contribution in [0, 0.1) is 0 Å². The van der Waals surface area contributed by atoms with Crippen LogP contribution in [0.1, 0.15) is 29.8 Å². The lowest BCUT2D eigenvalue weighted by molar-refractivity contribution is -0.121. The molecule has 1 aromatic heterocycles. The minimum atomic E-state index is -0.0875. The van der Waals surface area contributed by atoms with Crippen LogP contribution in [0.25, 0.3) is 0 Å². The average molecular weight is 285 g/mol. The van der Waals surface area contributed by atoms with Gasteiger partial charge in [-0.1, -0.05) is 0 Å². The highest BCUT2D eigenvalue weighted by atomic mass is 35.5. The zero-order valence-corrected chi connectivity index (χ0v) is 11.4. The van der Waals surface area contributed by atoms with E-state index in [1.807, 2.05) is 0 Å². The molecule has 0 aromatic carbocycles. The summed E-state index contributed by atoms with van der Waals surface area (Å²) < 4.78 is 5.10. The Hall–Kier alpha value is -1.49. The van der Waals surface area contributed by atoms with Crippen molar-refractivity contribution in [2.24, 2.45) is 0 Å². The number of carbonyl (C=O) groups is 2. The SMILES string of the molecule is O=C(CCCl)NC1CCN(C(=O)c2ccco2)CC1. The summed E-state index contributed by atoms with van der Waals surface area (Å²) in [6, 6.07) is 3.50. The maximum absolute atomic E-state index is 12.0. The van der Waals surface area contributed by atoms with Crippen LogP contribution < -0.4 is 5.32 Å². The summed E-state index contributed by atoms with van der Waals surface area (Å²) in [5.74, 6) is 0.591. The predicted molar refractivity (Wildman–Crippen MR) is 71.1 cm³/mol. The molecule has 1 N–H and O–H groups in total. The van der Waals surface area contributed by atoms with Gasteiger partial charge in [0.1, 0.15) is 0 Å². The molecule has 1 aliphatic rings. The van der Waals surface area contributed by atoms with Gasteiger partial charge >= 0.3 is 0 Å². The summed E-state index contributed by atoms with van der Waals surface area (Å²) in [6.45, 7) is 1.26. The first-order valence-corrected chi connectivity index (χ1v) is 6.92. The van der Waals surface area contributed by atoms with Crippen molar-refractivity contribution in [1.82, 2.24) is 10.2 Å². The molecule has 0 radical (unpaired) electrons. The molecule has 104 valence electrons. The van der Waals surface area contributed by atoms with E-state index in [-0.39, 0.29) is 17.9 Å². The first kappa shape index (κ1) is 13.9. The average Bonchev–Trinajstić information content (AvgIpc) is 2.93. The van der Waals surface area contributed by atoms with E-state index in [0.29, 0.717) is 31.2 Å². The Morgan fingerprint density at radius 2 is 2.16 bits per heavy atom. The molecule has 6 heteroatoms. The van der Waals surface area contributed by atoms with Crippen molar-refractivity contribution in [3.05, 3.63) is 24.2 Å². The minimum absolute atomic E-state index is 0.0224. The van der Waals surface area contributed by atoms with Crippen molar-refractivity contribution in [2.45, 2.75) is 25.3 Å². The van der Waals surface area contributed by atoms with E-state index in [9.17, 15) is 9.59 Å². The summed E-state index contributed by atoms with van der Waals surface area (Å²) in [4.78, 5) is 25.2. The molecule has 2 heterocycles. The van der Waals surface area contributed by atoms with Gasteiger partial charge in [-0.3, -0.25) is 9.59 Å². The number of hydrogen-bond acceptors (Lipinski definition) is 3. The molecule has 0 saturated carbocycles. The van der Waals surface area contributed by atoms with Gasteiger partial charge in [-0.25, -0.2) is 0 Å². The van der Waals surface area contributed by atoms with E-state index < -0.39 is 0 Å². The monoisotopic (exact) mass is 284 g/mol. The number of hydrogen-bond donors (Lipinski definition) is 1. The lowest BCUT2D eigenvalue weighted by Crippen LogP contribution is -2.46. The molecule has 19 heavy (non-hydrogen) atoms. The maximum atomic E-state index is 12.0. The van der Waals surface area contributed by atoms with Crippen molar-refractivity contribution in [2.75, 3.05) is 19.0 Å². The highest BCUT2D eigenvalue weighted by Crippen LogP contribution is 2.14. The smallest absolute Gasteiger partial charge is 0.289 e. The number of amides is 2. The van der Waals surface area contributed by atoms with E-state index in [0.717, 1.165) is 12.8 Å². The maximum Gasteiger partial charge on any atom is 0.289 e. The Bertz CT molecular complexity index is 425. The Morgan fingerprint density at radius 3 is 2.74 bits per heavy atom. The first-order chi connectivity index (χ1) is 9.20. The first-order valence-electron chi connectivity index (χ1n) is 6.39. The van der Waals surface area contributed by atoms with Gasteiger partial charge in [-0.15, -0.1) is 11.6 Å². The van der Waals surface area contributed by atoms with E-state index in [2.05, 4.69) is 5.32 Å². The fraction of sp³-hybridized carbons (Fsp3) is 0.538. The molecular weight excluding hydrogens is 268 g/mol. The van der Waals surface area contributed by atoms with E-state index >= 15 is 0 Å². The van der Waals surface area contributed by atoms with E-state index in [4.69, 9.17) is 16.0 Å². The van der Waals surface area contributed by atoms with Gasteiger partial charge in [0.15, 0.2) is 5.76 Å². The van der Waals surface area contributed by atoms with Crippen LogP contribution in [0.4, 0.5) is 0 Å². The molecule has 0 spiro atoms. The molecule has 0 aliphatic carbocycles. The van der Waals surface area contributed by atoms with Crippen molar-refractivity contribution in [3.63, 3.8) is 0 Å². The number of likely N-dealkylation sites (tertiary alicyclic amines) is 1. The van der Waals surface area contributed by atoms with Crippen LogP contribution in [-0.2, 0) is 4.79 Å². The van der Waals surface area contributed by atoms with Gasteiger partial charge in [0.25, 0.3) is 5.91 Å². The molecule has 1 aliphatic heterocycles. The number of alkyl halides is 1. The van der Waals surface area contributed by atoms with Crippen LogP contribution in [0.5, 0.6) is 0 Å². The molecule has 0 bridgehead atoms. The number of halogens is 1. The summed E-state index contributed by atoms with van der Waals surface area (Å²) in [7, 11) is 0. The molecule has 1 aromatic rings. The fourth-order valence-corrected chi connectivity index (χ4v) is 2.34. The quantitative estimate of drug-likeness (QED) is 0.855. The number of nitrogens with zero attached hydrogens (tertiary/aromatic N) is 1. The van der Waals surface area contributed by atoms with Crippen molar-refractivity contribution < 1.29 is 14.0 Å². The Kier molecular flexibility index (Phi) is 4.85. The van der Waals surface area contributed by atoms with Gasteiger partial charge in [0.2, 0.25) is 5.91 Å². The van der Waals surface area contributed by atoms with Crippen LogP contribution in [0.15, 0.2) is 22.8 Å². The van der Waals surface area contributed by atoms with Crippen LogP contribution in [-0.4, -0.2) is 41.7 Å². The third-order valence-electron chi connectivity index (χ3n) is 3.20. The molecular formula is C13H17ClN2O3. The standard InChI is InChI=1S/C13H17ClN2O3/c14-6-3-12(17)15-10-4-7-16(8-5-10)13(18)11-2-1-9-19-11/h1-2,9-10H,3-8H2,(H,15,17). The topological polar surface area (TPSA) is 62.6 Å². The summed E-state index contributed by atoms with van der Waals surface area (Å²) >= 11 is 5.51. The van der Waals surface area contributed by atoms with Gasteiger partial charge in [-0.2, -0.15) is 0 Å². The third-order valence-corrected chi connectivity index (χ3v) is 3.39. The number of carbonyl (C=O) groups excluding carboxylic acids is 2. The second-order valence-corrected chi connectivity index (χ2v) is 4.93. The van der Waals surface area contributed by atoms with Gasteiger partial charge < -0.3 is 14.6 Å². The third kappa shape index (κ3) is 3.73. The van der Waals surface area contributed by atoms with Gasteiger partial charge in [0, 0.05) is 31.4 Å². The van der Waals surface area contributed by atoms with E-state index in [1.54, 1.807) is 17.0 Å². The molecule has 0 unspecified atom stereocenters. The van der Waals surface area contributed by atoms with Crippen LogP contribution in [0.2, 0.25) is 0 Å². The molecule has 2 amide bonds. The predicted octanol–water partition coefficient (Wildman–Crippen LogP) is 1.63. The molecule has 1 fully saturated rings.